The van der Waals surface area contributed by atoms with Crippen LogP contribution in [0.3, 0.4) is 0 Å². The van der Waals surface area contributed by atoms with Gasteiger partial charge in [0, 0.05) is 6.54 Å². The molecule has 0 radical (unpaired) electrons. The largest absolute Gasteiger partial charge is 0.467 e. The van der Waals surface area contributed by atoms with E-state index in [9.17, 15) is 0 Å². The van der Waals surface area contributed by atoms with E-state index >= 15 is 0 Å². The van der Waals surface area contributed by atoms with Gasteiger partial charge in [-0.2, -0.15) is 5.10 Å². The number of aromatic nitrogens is 2. The van der Waals surface area contributed by atoms with Gasteiger partial charge in [0.15, 0.2) is 0 Å². The van der Waals surface area contributed by atoms with Crippen LogP contribution in [0.25, 0.3) is 0 Å². The highest BCUT2D eigenvalue weighted by Crippen LogP contribution is 2.28. The average molecular weight is 285 g/mol. The minimum Gasteiger partial charge on any atom is -0.467 e. The average Bonchev–Trinajstić information content (AvgIpc) is 2.91. The molecule has 1 unspecified atom stereocenters. The molecule has 0 fully saturated rings. The van der Waals surface area contributed by atoms with Gasteiger partial charge in [-0.25, -0.2) is 5.43 Å². The van der Waals surface area contributed by atoms with Crippen LogP contribution in [0.5, 0.6) is 0 Å². The lowest BCUT2D eigenvalue weighted by atomic mass is 10.1. The standard InChI is InChI=1S/C10H13BrN4O/c1-2-15-10(7(11)6-13-15)9(14-12)8-4-3-5-16-8/h3-6,9,14H,2,12H2,1H3. The Morgan fingerprint density at radius 2 is 2.50 bits per heavy atom. The van der Waals surface area contributed by atoms with Crippen LogP contribution < -0.4 is 11.3 Å². The quantitative estimate of drug-likeness (QED) is 0.664. The van der Waals surface area contributed by atoms with Crippen molar-refractivity contribution in [3.05, 3.63) is 40.5 Å². The van der Waals surface area contributed by atoms with Crippen LogP contribution in [0.2, 0.25) is 0 Å². The Morgan fingerprint density at radius 1 is 1.69 bits per heavy atom. The van der Waals surface area contributed by atoms with Crippen molar-refractivity contribution in [2.45, 2.75) is 19.5 Å². The lowest BCUT2D eigenvalue weighted by molar-refractivity contribution is 0.431. The van der Waals surface area contributed by atoms with Crippen LogP contribution in [-0.2, 0) is 6.54 Å². The van der Waals surface area contributed by atoms with Gasteiger partial charge in [0.25, 0.3) is 0 Å². The fraction of sp³-hybridized carbons (Fsp3) is 0.300. The Morgan fingerprint density at radius 3 is 3.06 bits per heavy atom. The van der Waals surface area contributed by atoms with Crippen LogP contribution in [0.1, 0.15) is 24.4 Å². The normalized spacial score (nSPS) is 12.9. The Kier molecular flexibility index (Phi) is 3.42. The van der Waals surface area contributed by atoms with Gasteiger partial charge >= 0.3 is 0 Å². The van der Waals surface area contributed by atoms with Gasteiger partial charge < -0.3 is 4.42 Å². The Bertz CT molecular complexity index is 451. The fourth-order valence-corrected chi connectivity index (χ4v) is 2.19. The van der Waals surface area contributed by atoms with E-state index in [2.05, 4.69) is 26.5 Å². The first kappa shape index (κ1) is 11.4. The van der Waals surface area contributed by atoms with Crippen molar-refractivity contribution in [3.8, 4) is 0 Å². The van der Waals surface area contributed by atoms with Crippen LogP contribution >= 0.6 is 15.9 Å². The maximum atomic E-state index is 5.58. The maximum Gasteiger partial charge on any atom is 0.128 e. The van der Waals surface area contributed by atoms with Crippen molar-refractivity contribution >= 4 is 15.9 Å². The molecular formula is C10H13BrN4O. The van der Waals surface area contributed by atoms with Crippen molar-refractivity contribution in [3.63, 3.8) is 0 Å². The molecule has 0 amide bonds. The smallest absolute Gasteiger partial charge is 0.128 e. The van der Waals surface area contributed by atoms with Gasteiger partial charge in [-0.15, -0.1) is 0 Å². The second-order valence-corrected chi connectivity index (χ2v) is 4.16. The topological polar surface area (TPSA) is 69.0 Å². The summed E-state index contributed by atoms with van der Waals surface area (Å²) in [4.78, 5) is 0. The SMILES string of the molecule is CCn1ncc(Br)c1C(NN)c1ccco1. The van der Waals surface area contributed by atoms with Crippen molar-refractivity contribution in [1.82, 2.24) is 15.2 Å². The monoisotopic (exact) mass is 284 g/mol. The molecule has 0 aliphatic rings. The lowest BCUT2D eigenvalue weighted by Gasteiger charge is -2.15. The predicted molar refractivity (Wildman–Crippen MR) is 63.5 cm³/mol. The van der Waals surface area contributed by atoms with E-state index in [4.69, 9.17) is 10.3 Å². The number of hydrogen-bond donors (Lipinski definition) is 2. The highest BCUT2D eigenvalue weighted by molar-refractivity contribution is 9.10. The van der Waals surface area contributed by atoms with Gasteiger partial charge in [0.2, 0.25) is 0 Å². The molecule has 86 valence electrons. The molecule has 6 heteroatoms. The second kappa shape index (κ2) is 4.82. The molecule has 0 saturated carbocycles. The molecule has 0 aliphatic heterocycles. The molecule has 0 spiro atoms. The molecule has 0 aliphatic carbocycles. The summed E-state index contributed by atoms with van der Waals surface area (Å²) in [6, 6.07) is 3.51. The highest BCUT2D eigenvalue weighted by Gasteiger charge is 2.22. The van der Waals surface area contributed by atoms with Crippen LogP contribution in [0, 0.1) is 0 Å². The molecule has 2 rings (SSSR count). The molecule has 0 bridgehead atoms. The highest BCUT2D eigenvalue weighted by atomic mass is 79.9. The molecular weight excluding hydrogens is 272 g/mol. The zero-order valence-corrected chi connectivity index (χ0v) is 10.4. The van der Waals surface area contributed by atoms with Crippen molar-refractivity contribution in [2.24, 2.45) is 5.84 Å². The van der Waals surface area contributed by atoms with Crippen molar-refractivity contribution < 1.29 is 4.42 Å². The zero-order valence-electron chi connectivity index (χ0n) is 8.85. The predicted octanol–water partition coefficient (Wildman–Crippen LogP) is 1.81. The first-order valence-corrected chi connectivity index (χ1v) is 5.78. The van der Waals surface area contributed by atoms with Gasteiger partial charge in [-0.05, 0) is 35.0 Å². The van der Waals surface area contributed by atoms with E-state index in [0.29, 0.717) is 0 Å². The van der Waals surface area contributed by atoms with E-state index in [1.165, 1.54) is 0 Å². The number of nitrogens with one attached hydrogen (secondary N) is 1. The summed E-state index contributed by atoms with van der Waals surface area (Å²) in [5.74, 6) is 6.34. The van der Waals surface area contributed by atoms with E-state index in [-0.39, 0.29) is 6.04 Å². The molecule has 2 aromatic heterocycles. The van der Waals surface area contributed by atoms with E-state index < -0.39 is 0 Å². The van der Waals surface area contributed by atoms with Gasteiger partial charge in [-0.1, -0.05) is 0 Å². The molecule has 0 aromatic carbocycles. The van der Waals surface area contributed by atoms with Gasteiger partial charge in [-0.3, -0.25) is 10.5 Å². The minimum atomic E-state index is -0.202. The minimum absolute atomic E-state index is 0.202. The summed E-state index contributed by atoms with van der Waals surface area (Å²) in [7, 11) is 0. The number of nitrogens with zero attached hydrogens (tertiary/aromatic N) is 2. The summed E-state index contributed by atoms with van der Waals surface area (Å²) >= 11 is 3.46. The van der Waals surface area contributed by atoms with Crippen molar-refractivity contribution in [2.75, 3.05) is 0 Å². The molecule has 2 aromatic rings. The number of rotatable bonds is 4. The van der Waals surface area contributed by atoms with Gasteiger partial charge in [0.1, 0.15) is 11.8 Å². The third kappa shape index (κ3) is 1.91. The number of halogens is 1. The van der Waals surface area contributed by atoms with Crippen LogP contribution in [-0.4, -0.2) is 9.78 Å². The summed E-state index contributed by atoms with van der Waals surface area (Å²) in [5, 5.41) is 4.25. The summed E-state index contributed by atoms with van der Waals surface area (Å²) in [5.41, 5.74) is 3.70. The van der Waals surface area contributed by atoms with Gasteiger partial charge in [0.05, 0.1) is 22.6 Å². The number of nitrogens with two attached hydrogens (primary N) is 1. The Hall–Kier alpha value is -1.11. The molecule has 3 N–H and O–H groups in total. The first-order chi connectivity index (χ1) is 7.77. The van der Waals surface area contributed by atoms with Crippen LogP contribution in [0.15, 0.2) is 33.5 Å². The molecule has 0 saturated heterocycles. The third-order valence-corrected chi connectivity index (χ3v) is 3.01. The zero-order chi connectivity index (χ0) is 11.5. The number of furan rings is 1. The molecule has 16 heavy (non-hydrogen) atoms. The number of hydrazine groups is 1. The number of hydrogen-bond acceptors (Lipinski definition) is 4. The molecule has 5 nitrogen and oxygen atoms in total. The second-order valence-electron chi connectivity index (χ2n) is 3.31. The van der Waals surface area contributed by atoms with E-state index in [1.807, 2.05) is 23.7 Å². The summed E-state index contributed by atoms with van der Waals surface area (Å²) in [6.07, 6.45) is 3.38. The first-order valence-electron chi connectivity index (χ1n) is 4.98. The lowest BCUT2D eigenvalue weighted by Crippen LogP contribution is -2.30. The Balaban J connectivity index is 2.44. The van der Waals surface area contributed by atoms with E-state index in [1.54, 1.807) is 12.5 Å². The Labute approximate surface area is 102 Å². The van der Waals surface area contributed by atoms with Crippen LogP contribution in [0.4, 0.5) is 0 Å². The molecule has 2 heterocycles. The summed E-state index contributed by atoms with van der Waals surface area (Å²) < 4.78 is 8.14. The maximum absolute atomic E-state index is 5.58. The summed E-state index contributed by atoms with van der Waals surface area (Å²) in [6.45, 7) is 2.80. The molecule has 1 atom stereocenters. The van der Waals surface area contributed by atoms with E-state index in [0.717, 1.165) is 22.5 Å². The third-order valence-electron chi connectivity index (χ3n) is 2.40. The number of aryl methyl sites for hydroxylation is 1. The fourth-order valence-electron chi connectivity index (χ4n) is 1.66. The van der Waals surface area contributed by atoms with Crippen molar-refractivity contribution in [1.29, 1.82) is 0 Å².